The zero-order valence-corrected chi connectivity index (χ0v) is 29.7. The highest BCUT2D eigenvalue weighted by Crippen LogP contribution is 2.40. The van der Waals surface area contributed by atoms with E-state index in [0.717, 1.165) is 0 Å². The number of aliphatic hydroxyl groups excluding tert-OH is 2. The van der Waals surface area contributed by atoms with Crippen LogP contribution in [0.2, 0.25) is 90.7 Å². The van der Waals surface area contributed by atoms with Gasteiger partial charge in [-0.1, -0.05) is 6.92 Å². The Morgan fingerprint density at radius 3 is 1.33 bits per heavy atom. The molecule has 3 N–H and O–H groups in total. The Balaban J connectivity index is 6.62. The van der Waals surface area contributed by atoms with Gasteiger partial charge in [-0.2, -0.15) is 0 Å². The van der Waals surface area contributed by atoms with Crippen molar-refractivity contribution in [3.8, 4) is 0 Å². The molecule has 0 aliphatic rings. The maximum atomic E-state index is 12.0. The lowest BCUT2D eigenvalue weighted by Gasteiger charge is -2.48. The van der Waals surface area contributed by atoms with Crippen LogP contribution >= 0.6 is 0 Å². The van der Waals surface area contributed by atoms with Gasteiger partial charge in [-0.3, -0.25) is 0 Å². The van der Waals surface area contributed by atoms with E-state index in [1.807, 2.05) is 46.2 Å². The summed E-state index contributed by atoms with van der Waals surface area (Å²) in [6.45, 7) is 27.7. The smallest absolute Gasteiger partial charge is 0.438 e. The SMILES string of the molecule is CCC([SiH](O[Si](C)(C)C)O[Si](C)(C)C)C(O)(O[Si](C)(O[Si](C)(C)C)O[Si](C)(C)C)C(O)CO. The lowest BCUT2D eigenvalue weighted by molar-refractivity contribution is -0.237. The molecule has 0 radical (unpaired) electrons. The molecule has 33 heavy (non-hydrogen) atoms. The van der Waals surface area contributed by atoms with E-state index in [2.05, 4.69) is 39.3 Å². The van der Waals surface area contributed by atoms with Crippen LogP contribution in [0.4, 0.5) is 0 Å². The molecule has 0 aromatic carbocycles. The monoisotopic (exact) mass is 576 g/mol. The standard InChI is InChI=1S/C19H52O8Si6/c1-15-18(28(24-29(2,3)4)25-30(5,6)7)19(22,17(21)16-20)23-33(14,26-31(8,9)10)27-32(11,12)13/h17-18,20-22,28H,15-16H2,1-14H3. The Hall–Kier alpha value is 0.981. The Kier molecular flexibility index (Phi) is 12.4. The van der Waals surface area contributed by atoms with Gasteiger partial charge in [-0.05, 0) is 85.0 Å². The topological polar surface area (TPSA) is 107 Å². The Morgan fingerprint density at radius 2 is 1.09 bits per heavy atom. The van der Waals surface area contributed by atoms with Crippen molar-refractivity contribution >= 4 is 51.4 Å². The van der Waals surface area contributed by atoms with Crippen molar-refractivity contribution in [1.29, 1.82) is 0 Å². The van der Waals surface area contributed by atoms with Gasteiger partial charge in [0, 0.05) is 6.55 Å². The normalized spacial score (nSPS) is 18.4. The highest BCUT2D eigenvalue weighted by Gasteiger charge is 2.57. The summed E-state index contributed by atoms with van der Waals surface area (Å²) in [5, 5.41) is 32.9. The number of rotatable bonds is 15. The van der Waals surface area contributed by atoms with Gasteiger partial charge in [-0.25, -0.2) is 0 Å². The van der Waals surface area contributed by atoms with Crippen molar-refractivity contribution in [3.05, 3.63) is 0 Å². The molecule has 0 fully saturated rings. The van der Waals surface area contributed by atoms with Crippen LogP contribution in [-0.2, 0) is 20.9 Å². The predicted molar refractivity (Wildman–Crippen MR) is 150 cm³/mol. The lowest BCUT2D eigenvalue weighted by Crippen LogP contribution is -2.65. The van der Waals surface area contributed by atoms with Crippen molar-refractivity contribution in [3.63, 3.8) is 0 Å². The van der Waals surface area contributed by atoms with Crippen LogP contribution in [0.3, 0.4) is 0 Å². The van der Waals surface area contributed by atoms with Crippen LogP contribution in [0, 0.1) is 0 Å². The van der Waals surface area contributed by atoms with Crippen molar-refractivity contribution in [2.24, 2.45) is 0 Å². The summed E-state index contributed by atoms with van der Waals surface area (Å²) in [4.78, 5) is 0. The van der Waals surface area contributed by atoms with Gasteiger partial charge in [-0.15, -0.1) is 0 Å². The minimum atomic E-state index is -3.44. The first kappa shape index (κ1) is 34.0. The van der Waals surface area contributed by atoms with Gasteiger partial charge in [0.05, 0.1) is 12.1 Å². The van der Waals surface area contributed by atoms with Crippen LogP contribution in [0.15, 0.2) is 0 Å². The molecule has 0 aromatic heterocycles. The summed E-state index contributed by atoms with van der Waals surface area (Å²) in [6.07, 6.45) is -1.11. The predicted octanol–water partition coefficient (Wildman–Crippen LogP) is 4.02. The summed E-state index contributed by atoms with van der Waals surface area (Å²) in [6, 6.07) is 0. The molecule has 0 heterocycles. The number of hydrogen-bond donors (Lipinski definition) is 3. The summed E-state index contributed by atoms with van der Waals surface area (Å²) in [7, 11) is -14.4. The van der Waals surface area contributed by atoms with Crippen LogP contribution in [-0.4, -0.2) is 85.2 Å². The van der Waals surface area contributed by atoms with Gasteiger partial charge in [0.2, 0.25) is 0 Å². The Morgan fingerprint density at radius 1 is 0.727 bits per heavy atom. The van der Waals surface area contributed by atoms with E-state index in [4.69, 9.17) is 20.9 Å². The molecule has 0 rings (SSSR count). The molecule has 0 aliphatic carbocycles. The van der Waals surface area contributed by atoms with Gasteiger partial charge in [0.1, 0.15) is 6.10 Å². The van der Waals surface area contributed by atoms with E-state index < -0.39 is 75.4 Å². The molecule has 200 valence electrons. The molecule has 8 nitrogen and oxygen atoms in total. The first-order valence-corrected chi connectivity index (χ1v) is 29.3. The van der Waals surface area contributed by atoms with Gasteiger partial charge in [0.25, 0.3) is 0 Å². The van der Waals surface area contributed by atoms with Crippen molar-refractivity contribution in [2.45, 2.75) is 116 Å². The largest absolute Gasteiger partial charge is 0.478 e. The second-order valence-electron chi connectivity index (χ2n) is 12.7. The highest BCUT2D eigenvalue weighted by atomic mass is 28.5. The molecule has 0 amide bonds. The molecule has 0 saturated carbocycles. The second-order valence-corrected chi connectivity index (χ2v) is 36.6. The summed E-state index contributed by atoms with van der Waals surface area (Å²) in [5.41, 5.74) is -0.639. The van der Waals surface area contributed by atoms with Crippen LogP contribution in [0.5, 0.6) is 0 Å². The third-order valence-corrected chi connectivity index (χ3v) is 21.9. The fourth-order valence-electron chi connectivity index (χ4n) is 3.56. The molecule has 3 atom stereocenters. The molecule has 0 saturated heterocycles. The third kappa shape index (κ3) is 13.2. The molecular formula is C19H52O8Si6. The van der Waals surface area contributed by atoms with Gasteiger partial charge < -0.3 is 36.2 Å². The van der Waals surface area contributed by atoms with Crippen LogP contribution in [0.25, 0.3) is 0 Å². The molecule has 0 aromatic rings. The highest BCUT2D eigenvalue weighted by molar-refractivity contribution is 6.85. The lowest BCUT2D eigenvalue weighted by atomic mass is 10.0. The summed E-state index contributed by atoms with van der Waals surface area (Å²) >= 11 is 0. The fourth-order valence-corrected chi connectivity index (χ4v) is 22.9. The van der Waals surface area contributed by atoms with Crippen LogP contribution in [0.1, 0.15) is 13.3 Å². The number of aliphatic hydroxyl groups is 3. The summed E-state index contributed by atoms with van der Waals surface area (Å²) < 4.78 is 32.3. The average Bonchev–Trinajstić information content (AvgIpc) is 2.46. The first-order valence-electron chi connectivity index (χ1n) is 11.8. The molecule has 0 aliphatic heterocycles. The first-order chi connectivity index (χ1) is 14.4. The van der Waals surface area contributed by atoms with Crippen molar-refractivity contribution < 1.29 is 36.2 Å². The zero-order valence-electron chi connectivity index (χ0n) is 23.5. The van der Waals surface area contributed by atoms with E-state index in [-0.39, 0.29) is 0 Å². The molecule has 14 heteroatoms. The fraction of sp³-hybridized carbons (Fsp3) is 1.00. The van der Waals surface area contributed by atoms with Crippen molar-refractivity contribution in [1.82, 2.24) is 0 Å². The molecular weight excluding hydrogens is 525 g/mol. The van der Waals surface area contributed by atoms with Gasteiger partial charge in [0.15, 0.2) is 39.1 Å². The Labute approximate surface area is 209 Å². The zero-order chi connectivity index (χ0) is 26.7. The maximum absolute atomic E-state index is 12.0. The van der Waals surface area contributed by atoms with E-state index in [1.54, 1.807) is 6.55 Å². The van der Waals surface area contributed by atoms with E-state index in [9.17, 15) is 15.3 Å². The van der Waals surface area contributed by atoms with E-state index in [0.29, 0.717) is 6.42 Å². The third-order valence-electron chi connectivity index (χ3n) is 4.22. The quantitative estimate of drug-likeness (QED) is 0.198. The van der Waals surface area contributed by atoms with E-state index >= 15 is 0 Å². The summed E-state index contributed by atoms with van der Waals surface area (Å²) in [5.74, 6) is -2.13. The second kappa shape index (κ2) is 12.0. The number of hydrogen-bond acceptors (Lipinski definition) is 8. The Bertz CT molecular complexity index is 567. The maximum Gasteiger partial charge on any atom is 0.478 e. The average molecular weight is 577 g/mol. The molecule has 3 unspecified atom stereocenters. The van der Waals surface area contributed by atoms with Gasteiger partial charge >= 0.3 is 18.1 Å². The molecule has 0 spiro atoms. The van der Waals surface area contributed by atoms with Crippen LogP contribution < -0.4 is 0 Å². The minimum absolute atomic E-state index is 0.448. The minimum Gasteiger partial charge on any atom is -0.438 e. The van der Waals surface area contributed by atoms with Crippen molar-refractivity contribution in [2.75, 3.05) is 6.61 Å². The van der Waals surface area contributed by atoms with E-state index in [1.165, 1.54) is 0 Å². The molecule has 0 bridgehead atoms.